The average Bonchev–Trinajstić information content (AvgIpc) is 2.40. The summed E-state index contributed by atoms with van der Waals surface area (Å²) in [4.78, 5) is 0. The van der Waals surface area contributed by atoms with Gasteiger partial charge in [0.15, 0.2) is 0 Å². The Balaban J connectivity index is 2.14. The van der Waals surface area contributed by atoms with Crippen LogP contribution in [0.1, 0.15) is 0 Å². The van der Waals surface area contributed by atoms with Crippen molar-refractivity contribution in [3.8, 4) is 11.5 Å². The Kier molecular flexibility index (Phi) is 4.14. The molecule has 0 N–H and O–H groups in total. The van der Waals surface area contributed by atoms with Crippen molar-refractivity contribution in [2.24, 2.45) is 0 Å². The van der Waals surface area contributed by atoms with E-state index in [0.29, 0.717) is 0 Å². The van der Waals surface area contributed by atoms with Gasteiger partial charge in [-0.2, -0.15) is 0 Å². The van der Waals surface area contributed by atoms with Crippen LogP contribution in [0.15, 0.2) is 60.7 Å². The first-order valence-corrected chi connectivity index (χ1v) is 9.97. The average molecular weight is 318 g/mol. The molecule has 0 aliphatic heterocycles. The van der Waals surface area contributed by atoms with Gasteiger partial charge in [-0.3, -0.25) is 0 Å². The highest BCUT2D eigenvalue weighted by atomic mass is 29.4. The summed E-state index contributed by atoms with van der Waals surface area (Å²) in [5, 5.41) is 0. The summed E-state index contributed by atoms with van der Waals surface area (Å²) in [6.07, 6.45) is 0. The molecule has 0 aromatic heterocycles. The summed E-state index contributed by atoms with van der Waals surface area (Å²) in [5.74, 6) is -0.569. The molecule has 0 spiro atoms. The van der Waals surface area contributed by atoms with Crippen LogP contribution in [0, 0.1) is 0 Å². The van der Waals surface area contributed by atoms with Crippen LogP contribution >= 0.6 is 0 Å². The Morgan fingerprint density at radius 1 is 0.550 bits per heavy atom. The first-order valence-electron chi connectivity index (χ1n) is 5.64. The maximum atomic E-state index is 13.7. The van der Waals surface area contributed by atoms with E-state index in [1.54, 1.807) is 12.1 Å². The van der Waals surface area contributed by atoms with E-state index in [1.807, 2.05) is 0 Å². The van der Waals surface area contributed by atoms with Crippen LogP contribution < -0.4 is 8.85 Å². The molecule has 20 heavy (non-hydrogen) atoms. The third kappa shape index (κ3) is 3.39. The number of hydrogen-bond donors (Lipinski definition) is 0. The zero-order valence-electron chi connectivity index (χ0n) is 10.1. The smallest absolute Gasteiger partial charge is 0.492 e. The monoisotopic (exact) mass is 318 g/mol. The standard InChI is InChI=1S/C12H10F4O2Si2/c13-19(14,17-11-7-3-1-4-8-11)20(15,16)18-12-9-5-2-6-10-12/h1-10H. The summed E-state index contributed by atoms with van der Waals surface area (Å²) >= 11 is 0. The summed E-state index contributed by atoms with van der Waals surface area (Å²) < 4.78 is 63.2. The van der Waals surface area contributed by atoms with Gasteiger partial charge in [0.1, 0.15) is 11.5 Å². The minimum atomic E-state index is -6.27. The highest BCUT2D eigenvalue weighted by Gasteiger charge is 2.77. The zero-order valence-corrected chi connectivity index (χ0v) is 12.1. The highest BCUT2D eigenvalue weighted by Crippen LogP contribution is 2.30. The quantitative estimate of drug-likeness (QED) is 0.472. The van der Waals surface area contributed by atoms with E-state index in [2.05, 4.69) is 8.85 Å². The van der Waals surface area contributed by atoms with E-state index in [-0.39, 0.29) is 11.5 Å². The summed E-state index contributed by atoms with van der Waals surface area (Å²) in [6.45, 7) is 0. The SMILES string of the molecule is F[Si](F)(Oc1ccccc1)[Si](F)(F)Oc1ccccc1. The van der Waals surface area contributed by atoms with Crippen LogP contribution in [0.3, 0.4) is 0 Å². The lowest BCUT2D eigenvalue weighted by Crippen LogP contribution is -2.60. The summed E-state index contributed by atoms with van der Waals surface area (Å²) in [7, 11) is -12.5. The van der Waals surface area contributed by atoms with Gasteiger partial charge < -0.3 is 8.85 Å². The van der Waals surface area contributed by atoms with E-state index < -0.39 is 17.0 Å². The largest absolute Gasteiger partial charge is 0.743 e. The van der Waals surface area contributed by atoms with Crippen LogP contribution in [-0.4, -0.2) is 17.0 Å². The van der Waals surface area contributed by atoms with Crippen molar-refractivity contribution in [1.82, 2.24) is 0 Å². The van der Waals surface area contributed by atoms with Crippen molar-refractivity contribution in [1.29, 1.82) is 0 Å². The third-order valence-electron chi connectivity index (χ3n) is 2.32. The lowest BCUT2D eigenvalue weighted by atomic mass is 10.3. The fourth-order valence-corrected chi connectivity index (χ4v) is 3.91. The highest BCUT2D eigenvalue weighted by molar-refractivity contribution is 7.26. The maximum absolute atomic E-state index is 13.7. The zero-order chi connectivity index (χ0) is 14.6. The molecule has 0 saturated heterocycles. The number of benzene rings is 2. The molecular weight excluding hydrogens is 308 g/mol. The molecule has 2 aromatic rings. The molecule has 0 atom stereocenters. The van der Waals surface area contributed by atoms with Crippen molar-refractivity contribution in [3.05, 3.63) is 60.7 Å². The van der Waals surface area contributed by atoms with Crippen molar-refractivity contribution in [2.75, 3.05) is 0 Å². The molecule has 2 rings (SSSR count). The minimum Gasteiger partial charge on any atom is -0.492 e. The predicted molar refractivity (Wildman–Crippen MR) is 70.1 cm³/mol. The molecular formula is C12H10F4O2Si2. The van der Waals surface area contributed by atoms with Gasteiger partial charge in [-0.15, -0.1) is 0 Å². The second-order valence-electron chi connectivity index (χ2n) is 3.86. The van der Waals surface area contributed by atoms with Gasteiger partial charge in [0.2, 0.25) is 0 Å². The fraction of sp³-hybridized carbons (Fsp3) is 0. The first-order chi connectivity index (χ1) is 9.41. The fourth-order valence-electron chi connectivity index (χ4n) is 1.39. The normalized spacial score (nSPS) is 12.0. The van der Waals surface area contributed by atoms with Crippen molar-refractivity contribution in [3.63, 3.8) is 0 Å². The molecule has 0 unspecified atom stereocenters. The molecule has 2 aromatic carbocycles. The maximum Gasteiger partial charge on any atom is 0.743 e. The van der Waals surface area contributed by atoms with Crippen molar-refractivity contribution in [2.45, 2.75) is 0 Å². The Hall–Kier alpha value is -1.81. The second kappa shape index (κ2) is 5.67. The van der Waals surface area contributed by atoms with Crippen LogP contribution in [0.5, 0.6) is 11.5 Å². The Morgan fingerprint density at radius 3 is 1.15 bits per heavy atom. The molecule has 0 bridgehead atoms. The van der Waals surface area contributed by atoms with E-state index >= 15 is 0 Å². The lowest BCUT2D eigenvalue weighted by molar-refractivity contribution is 0.324. The van der Waals surface area contributed by atoms with Gasteiger partial charge in [0, 0.05) is 0 Å². The van der Waals surface area contributed by atoms with E-state index in [1.165, 1.54) is 48.5 Å². The van der Waals surface area contributed by atoms with Gasteiger partial charge in [-0.25, -0.2) is 16.4 Å². The minimum absolute atomic E-state index is 0.284. The van der Waals surface area contributed by atoms with Crippen LogP contribution in [0.4, 0.5) is 16.4 Å². The van der Waals surface area contributed by atoms with Crippen LogP contribution in [-0.2, 0) is 0 Å². The summed E-state index contributed by atoms with van der Waals surface area (Å²) in [5.41, 5.74) is 0. The van der Waals surface area contributed by atoms with Crippen LogP contribution in [0.25, 0.3) is 0 Å². The second-order valence-corrected chi connectivity index (χ2v) is 9.83. The molecule has 0 aliphatic rings. The molecule has 0 saturated carbocycles. The molecule has 0 heterocycles. The van der Waals surface area contributed by atoms with Gasteiger partial charge in [-0.05, 0) is 24.3 Å². The number of hydrogen-bond acceptors (Lipinski definition) is 2. The molecule has 0 aliphatic carbocycles. The predicted octanol–water partition coefficient (Wildman–Crippen LogP) is 3.98. The Labute approximate surface area is 115 Å². The molecule has 0 fully saturated rings. The van der Waals surface area contributed by atoms with Crippen molar-refractivity contribution >= 4 is 17.0 Å². The first kappa shape index (κ1) is 14.6. The molecule has 8 heteroatoms. The topological polar surface area (TPSA) is 18.5 Å². The third-order valence-corrected chi connectivity index (χ3v) is 6.62. The summed E-state index contributed by atoms with van der Waals surface area (Å²) in [6, 6.07) is 13.7. The lowest BCUT2D eigenvalue weighted by Gasteiger charge is -2.20. The van der Waals surface area contributed by atoms with E-state index in [4.69, 9.17) is 0 Å². The van der Waals surface area contributed by atoms with Gasteiger partial charge in [0.25, 0.3) is 0 Å². The number of para-hydroxylation sites is 2. The Morgan fingerprint density at radius 2 is 0.850 bits per heavy atom. The van der Waals surface area contributed by atoms with Crippen molar-refractivity contribution < 1.29 is 25.3 Å². The number of rotatable bonds is 5. The molecule has 106 valence electrons. The molecule has 0 amide bonds. The molecule has 0 radical (unpaired) electrons. The number of halogens is 4. The van der Waals surface area contributed by atoms with Crippen LogP contribution in [0.2, 0.25) is 0 Å². The van der Waals surface area contributed by atoms with Gasteiger partial charge in [-0.1, -0.05) is 36.4 Å². The van der Waals surface area contributed by atoms with Gasteiger partial charge >= 0.3 is 17.0 Å². The molecule has 2 nitrogen and oxygen atoms in total. The van der Waals surface area contributed by atoms with Gasteiger partial charge in [0.05, 0.1) is 0 Å². The van der Waals surface area contributed by atoms with E-state index in [0.717, 1.165) is 0 Å². The Bertz CT molecular complexity index is 500. The van der Waals surface area contributed by atoms with E-state index in [9.17, 15) is 16.4 Å².